The highest BCUT2D eigenvalue weighted by molar-refractivity contribution is 7.99. The Balaban J connectivity index is 1.72. The molecule has 0 aromatic rings. The lowest BCUT2D eigenvalue weighted by atomic mass is 10.2. The largest absolute Gasteiger partial charge is 0.371 e. The number of hydrogen-bond donors (Lipinski definition) is 1. The maximum atomic E-state index is 4.47. The van der Waals surface area contributed by atoms with Gasteiger partial charge in [0.25, 0.3) is 0 Å². The molecule has 1 aliphatic carbocycles. The minimum absolute atomic E-state index is 0.718. The van der Waals surface area contributed by atoms with Crippen LogP contribution in [0.2, 0.25) is 0 Å². The molecule has 2 aliphatic rings. The predicted molar refractivity (Wildman–Crippen MR) is 64.2 cm³/mol. The first-order valence-electron chi connectivity index (χ1n) is 5.80. The molecule has 2 atom stereocenters. The van der Waals surface area contributed by atoms with Crippen molar-refractivity contribution in [2.24, 2.45) is 4.99 Å². The molecular weight excluding hydrogens is 192 g/mol. The molecule has 2 nitrogen and oxygen atoms in total. The Labute approximate surface area is 90.9 Å². The van der Waals surface area contributed by atoms with E-state index in [2.05, 4.69) is 29.0 Å². The predicted octanol–water partition coefficient (Wildman–Crippen LogP) is 2.44. The molecule has 0 aromatic carbocycles. The summed E-state index contributed by atoms with van der Waals surface area (Å²) in [7, 11) is 0. The van der Waals surface area contributed by atoms with Crippen molar-refractivity contribution in [2.45, 2.75) is 50.3 Å². The number of rotatable bonds is 3. The van der Waals surface area contributed by atoms with Gasteiger partial charge in [-0.1, -0.05) is 6.92 Å². The van der Waals surface area contributed by atoms with Gasteiger partial charge >= 0.3 is 0 Å². The Kier molecular flexibility index (Phi) is 3.74. The van der Waals surface area contributed by atoms with Gasteiger partial charge in [0, 0.05) is 24.3 Å². The SMILES string of the molecule is CCSC1CCC(NC2=NCCC2)C1. The molecule has 3 heteroatoms. The van der Waals surface area contributed by atoms with Crippen molar-refractivity contribution >= 4 is 17.6 Å². The zero-order valence-electron chi connectivity index (χ0n) is 8.96. The second-order valence-corrected chi connectivity index (χ2v) is 5.74. The number of aliphatic imine (C=N–C) groups is 1. The normalized spacial score (nSPS) is 31.9. The lowest BCUT2D eigenvalue weighted by Gasteiger charge is -2.13. The molecule has 0 saturated heterocycles. The Morgan fingerprint density at radius 3 is 3.14 bits per heavy atom. The van der Waals surface area contributed by atoms with Gasteiger partial charge in [0.1, 0.15) is 0 Å². The molecule has 0 bridgehead atoms. The first kappa shape index (κ1) is 10.3. The second-order valence-electron chi connectivity index (χ2n) is 4.16. The molecule has 14 heavy (non-hydrogen) atoms. The number of thioether (sulfide) groups is 1. The third kappa shape index (κ3) is 2.66. The smallest absolute Gasteiger partial charge is 0.0965 e. The van der Waals surface area contributed by atoms with E-state index in [1.54, 1.807) is 0 Å². The van der Waals surface area contributed by atoms with E-state index < -0.39 is 0 Å². The fourth-order valence-electron chi connectivity index (χ4n) is 2.35. The zero-order chi connectivity index (χ0) is 9.80. The fourth-order valence-corrected chi connectivity index (χ4v) is 3.49. The van der Waals surface area contributed by atoms with E-state index in [1.165, 1.54) is 43.7 Å². The van der Waals surface area contributed by atoms with Crippen LogP contribution in [0.15, 0.2) is 4.99 Å². The summed E-state index contributed by atoms with van der Waals surface area (Å²) in [5, 5.41) is 4.51. The van der Waals surface area contributed by atoms with Crippen LogP contribution in [0.4, 0.5) is 0 Å². The van der Waals surface area contributed by atoms with E-state index in [0.717, 1.165) is 17.8 Å². The monoisotopic (exact) mass is 212 g/mol. The van der Waals surface area contributed by atoms with Gasteiger partial charge in [0.05, 0.1) is 5.84 Å². The Hall–Kier alpha value is -0.180. The van der Waals surface area contributed by atoms with Crippen LogP contribution < -0.4 is 5.32 Å². The van der Waals surface area contributed by atoms with Crippen molar-refractivity contribution in [3.63, 3.8) is 0 Å². The topological polar surface area (TPSA) is 24.4 Å². The van der Waals surface area contributed by atoms with Crippen molar-refractivity contribution in [3.8, 4) is 0 Å². The van der Waals surface area contributed by atoms with Crippen LogP contribution in [0.5, 0.6) is 0 Å². The van der Waals surface area contributed by atoms with Crippen molar-refractivity contribution in [3.05, 3.63) is 0 Å². The van der Waals surface area contributed by atoms with Crippen LogP contribution in [0.25, 0.3) is 0 Å². The van der Waals surface area contributed by atoms with Gasteiger partial charge in [-0.25, -0.2) is 0 Å². The molecule has 1 aliphatic heterocycles. The molecule has 0 aromatic heterocycles. The summed E-state index contributed by atoms with van der Waals surface area (Å²) >= 11 is 2.12. The summed E-state index contributed by atoms with van der Waals surface area (Å²) in [4.78, 5) is 4.47. The molecule has 0 radical (unpaired) electrons. The molecule has 1 heterocycles. The Bertz CT molecular complexity index is 215. The number of hydrogen-bond acceptors (Lipinski definition) is 3. The van der Waals surface area contributed by atoms with Gasteiger partial charge in [-0.15, -0.1) is 0 Å². The van der Waals surface area contributed by atoms with Crippen molar-refractivity contribution in [1.82, 2.24) is 5.32 Å². The lowest BCUT2D eigenvalue weighted by Crippen LogP contribution is -2.31. The molecule has 1 saturated carbocycles. The van der Waals surface area contributed by atoms with Gasteiger partial charge in [0.15, 0.2) is 0 Å². The van der Waals surface area contributed by atoms with Gasteiger partial charge in [-0.2, -0.15) is 11.8 Å². The number of nitrogens with zero attached hydrogens (tertiary/aromatic N) is 1. The highest BCUT2D eigenvalue weighted by Gasteiger charge is 2.25. The van der Waals surface area contributed by atoms with Crippen LogP contribution in [0.1, 0.15) is 39.0 Å². The van der Waals surface area contributed by atoms with Crippen LogP contribution in [-0.4, -0.2) is 29.4 Å². The summed E-state index contributed by atoms with van der Waals surface area (Å²) in [6.45, 7) is 3.30. The molecular formula is C11H20N2S. The number of nitrogens with one attached hydrogen (secondary N) is 1. The summed E-state index contributed by atoms with van der Waals surface area (Å²) in [5.74, 6) is 2.54. The Morgan fingerprint density at radius 1 is 1.50 bits per heavy atom. The van der Waals surface area contributed by atoms with Gasteiger partial charge < -0.3 is 5.32 Å². The van der Waals surface area contributed by atoms with E-state index in [-0.39, 0.29) is 0 Å². The highest BCUT2D eigenvalue weighted by Crippen LogP contribution is 2.29. The van der Waals surface area contributed by atoms with Crippen LogP contribution in [0, 0.1) is 0 Å². The van der Waals surface area contributed by atoms with E-state index in [9.17, 15) is 0 Å². The molecule has 0 amide bonds. The fraction of sp³-hybridized carbons (Fsp3) is 0.909. The first-order valence-corrected chi connectivity index (χ1v) is 6.85. The minimum Gasteiger partial charge on any atom is -0.371 e. The van der Waals surface area contributed by atoms with Crippen molar-refractivity contribution < 1.29 is 0 Å². The van der Waals surface area contributed by atoms with Gasteiger partial charge in [-0.3, -0.25) is 4.99 Å². The third-order valence-electron chi connectivity index (χ3n) is 3.03. The van der Waals surface area contributed by atoms with Gasteiger partial charge in [-0.05, 0) is 31.4 Å². The minimum atomic E-state index is 0.718. The van der Waals surface area contributed by atoms with Crippen LogP contribution in [0.3, 0.4) is 0 Å². The molecule has 0 spiro atoms. The quantitative estimate of drug-likeness (QED) is 0.777. The molecule has 2 rings (SSSR count). The summed E-state index contributed by atoms with van der Waals surface area (Å²) in [5.41, 5.74) is 0. The molecule has 2 unspecified atom stereocenters. The molecule has 80 valence electrons. The molecule has 1 N–H and O–H groups in total. The Morgan fingerprint density at radius 2 is 2.43 bits per heavy atom. The van der Waals surface area contributed by atoms with E-state index in [0.29, 0.717) is 0 Å². The highest BCUT2D eigenvalue weighted by atomic mass is 32.2. The van der Waals surface area contributed by atoms with Crippen LogP contribution in [-0.2, 0) is 0 Å². The third-order valence-corrected chi connectivity index (χ3v) is 4.26. The van der Waals surface area contributed by atoms with E-state index in [4.69, 9.17) is 0 Å². The average Bonchev–Trinajstić information content (AvgIpc) is 2.79. The van der Waals surface area contributed by atoms with E-state index >= 15 is 0 Å². The summed E-state index contributed by atoms with van der Waals surface area (Å²) in [6, 6.07) is 0.718. The van der Waals surface area contributed by atoms with E-state index in [1.807, 2.05) is 0 Å². The standard InChI is InChI=1S/C11H20N2S/c1-2-14-10-6-5-9(8-10)13-11-4-3-7-12-11/h9-10H,2-8H2,1H3,(H,12,13). The average molecular weight is 212 g/mol. The molecule has 1 fully saturated rings. The summed E-state index contributed by atoms with van der Waals surface area (Å²) in [6.07, 6.45) is 6.52. The summed E-state index contributed by atoms with van der Waals surface area (Å²) < 4.78 is 0. The zero-order valence-corrected chi connectivity index (χ0v) is 9.78. The van der Waals surface area contributed by atoms with Crippen molar-refractivity contribution in [2.75, 3.05) is 12.3 Å². The first-order chi connectivity index (χ1) is 6.88. The second kappa shape index (κ2) is 5.06. The maximum Gasteiger partial charge on any atom is 0.0965 e. The maximum absolute atomic E-state index is 4.47. The number of amidine groups is 1. The lowest BCUT2D eigenvalue weighted by molar-refractivity contribution is 0.627. The van der Waals surface area contributed by atoms with Gasteiger partial charge in [0.2, 0.25) is 0 Å². The van der Waals surface area contributed by atoms with Crippen LogP contribution >= 0.6 is 11.8 Å². The van der Waals surface area contributed by atoms with Crippen molar-refractivity contribution in [1.29, 1.82) is 0 Å².